The minimum atomic E-state index is -2.91. The van der Waals surface area contributed by atoms with Gasteiger partial charge >= 0.3 is 0 Å². The van der Waals surface area contributed by atoms with E-state index in [1.807, 2.05) is 13.8 Å². The van der Waals surface area contributed by atoms with Gasteiger partial charge < -0.3 is 4.89 Å². The molecule has 0 aromatic rings. The topological polar surface area (TPSA) is 41.5 Å². The zero-order valence-corrected chi connectivity index (χ0v) is 13.2. The van der Waals surface area contributed by atoms with Crippen LogP contribution in [0.1, 0.15) is 53.9 Å². The summed E-state index contributed by atoms with van der Waals surface area (Å²) in [5, 5.41) is 0. The van der Waals surface area contributed by atoms with Crippen molar-refractivity contribution in [3.63, 3.8) is 0 Å². The van der Waals surface area contributed by atoms with Crippen LogP contribution in [0.15, 0.2) is 0 Å². The van der Waals surface area contributed by atoms with Gasteiger partial charge in [-0.25, -0.2) is 9.05 Å². The highest BCUT2D eigenvalue weighted by Gasteiger charge is 2.55. The van der Waals surface area contributed by atoms with E-state index in [1.54, 1.807) is 0 Å². The molecule has 4 heteroatoms. The molecule has 1 saturated heterocycles. The lowest BCUT2D eigenvalue weighted by Gasteiger charge is -2.41. The van der Waals surface area contributed by atoms with Gasteiger partial charge in [0.1, 0.15) is 17.9 Å². The first-order chi connectivity index (χ1) is 8.33. The van der Waals surface area contributed by atoms with Crippen LogP contribution in [-0.2, 0) is 9.05 Å². The summed E-state index contributed by atoms with van der Waals surface area (Å²) in [6.07, 6.45) is 3.30. The first-order valence-corrected chi connectivity index (χ1v) is 8.91. The second-order valence-corrected chi connectivity index (χ2v) is 8.72. The van der Waals surface area contributed by atoms with E-state index in [9.17, 15) is 4.89 Å². The monoisotopic (exact) mass is 274 g/mol. The van der Waals surface area contributed by atoms with Crippen molar-refractivity contribution in [2.45, 2.75) is 71.7 Å². The van der Waals surface area contributed by atoms with E-state index in [1.165, 1.54) is 6.42 Å². The smallest absolute Gasteiger partial charge is 0.241 e. The van der Waals surface area contributed by atoms with Crippen LogP contribution in [-0.4, -0.2) is 17.9 Å². The maximum Gasteiger partial charge on any atom is 0.241 e. The molecular weight excluding hydrogens is 247 g/mol. The molecule has 2 rings (SSSR count). The van der Waals surface area contributed by atoms with Crippen molar-refractivity contribution in [1.29, 1.82) is 0 Å². The minimum absolute atomic E-state index is 0.0409. The molecule has 0 radical (unpaired) electrons. The number of hydrogen-bond donors (Lipinski definition) is 0. The summed E-state index contributed by atoms with van der Waals surface area (Å²) in [5.41, 5.74) is 0.105. The summed E-state index contributed by atoms with van der Waals surface area (Å²) < 4.78 is 11.5. The fourth-order valence-corrected chi connectivity index (χ4v) is 6.54. The molecule has 5 atom stereocenters. The van der Waals surface area contributed by atoms with Gasteiger partial charge in [-0.05, 0) is 38.5 Å². The Kier molecular flexibility index (Phi) is 4.38. The predicted octanol–water partition coefficient (Wildman–Crippen LogP) is 3.39. The molecule has 0 aromatic carbocycles. The molecule has 0 spiro atoms. The quantitative estimate of drug-likeness (QED) is 0.725. The summed E-state index contributed by atoms with van der Waals surface area (Å²) in [7, 11) is -2.91. The Morgan fingerprint density at radius 2 is 1.61 bits per heavy atom. The van der Waals surface area contributed by atoms with Crippen LogP contribution in [0.25, 0.3) is 0 Å². The number of rotatable bonds is 2. The molecule has 1 aliphatic carbocycles. The lowest BCUT2D eigenvalue weighted by atomic mass is 9.77. The van der Waals surface area contributed by atoms with Crippen LogP contribution < -0.4 is 4.89 Å². The van der Waals surface area contributed by atoms with Gasteiger partial charge in [-0.1, -0.05) is 27.2 Å². The highest BCUT2D eigenvalue weighted by atomic mass is 31.2. The first kappa shape index (κ1) is 14.7. The van der Waals surface area contributed by atoms with Gasteiger partial charge in [-0.2, -0.15) is 0 Å². The van der Waals surface area contributed by atoms with E-state index in [4.69, 9.17) is 9.05 Å². The second-order valence-electron chi connectivity index (χ2n) is 6.55. The van der Waals surface area contributed by atoms with E-state index in [-0.39, 0.29) is 17.9 Å². The van der Waals surface area contributed by atoms with E-state index in [0.29, 0.717) is 17.8 Å². The van der Waals surface area contributed by atoms with E-state index in [0.717, 1.165) is 12.8 Å². The standard InChI is InChI=1S/C14H27O3P/c1-9(2)13-7-6-10(3)8-14(13)18(15)16-11(4)12(5)17-18/h9-14H,6-8H2,1-5H3/t10-,11-,12-,13+,14-/m1/s1. The van der Waals surface area contributed by atoms with Crippen molar-refractivity contribution >= 4 is 7.94 Å². The largest absolute Gasteiger partial charge is 0.631 e. The molecule has 0 N–H and O–H groups in total. The summed E-state index contributed by atoms with van der Waals surface area (Å²) in [6, 6.07) is 0. The van der Waals surface area contributed by atoms with E-state index < -0.39 is 7.94 Å². The first-order valence-electron chi connectivity index (χ1n) is 7.30. The molecular formula is C14H27O3P. The van der Waals surface area contributed by atoms with Crippen molar-refractivity contribution in [3.8, 4) is 0 Å². The molecule has 0 bridgehead atoms. The van der Waals surface area contributed by atoms with Crippen molar-refractivity contribution in [1.82, 2.24) is 0 Å². The third-order valence-corrected chi connectivity index (χ3v) is 7.34. The highest BCUT2D eigenvalue weighted by molar-refractivity contribution is 7.60. The fraction of sp³-hybridized carbons (Fsp3) is 1.00. The van der Waals surface area contributed by atoms with Crippen LogP contribution >= 0.6 is 7.94 Å². The minimum Gasteiger partial charge on any atom is -0.631 e. The average molecular weight is 274 g/mol. The molecule has 1 heterocycles. The van der Waals surface area contributed by atoms with Gasteiger partial charge in [0.25, 0.3) is 0 Å². The molecule has 2 fully saturated rings. The van der Waals surface area contributed by atoms with Crippen molar-refractivity contribution in [3.05, 3.63) is 0 Å². The third kappa shape index (κ3) is 2.75. The van der Waals surface area contributed by atoms with Crippen LogP contribution in [0.4, 0.5) is 0 Å². The molecule has 0 unspecified atom stereocenters. The third-order valence-electron chi connectivity index (χ3n) is 4.68. The van der Waals surface area contributed by atoms with Crippen molar-refractivity contribution in [2.24, 2.45) is 17.8 Å². The Morgan fingerprint density at radius 3 is 2.11 bits per heavy atom. The Morgan fingerprint density at radius 1 is 1.06 bits per heavy atom. The normalized spacial score (nSPS) is 44.5. The van der Waals surface area contributed by atoms with Crippen LogP contribution in [0.5, 0.6) is 0 Å². The maximum absolute atomic E-state index is 13.0. The Bertz CT molecular complexity index is 285. The van der Waals surface area contributed by atoms with Crippen molar-refractivity contribution < 1.29 is 13.9 Å². The van der Waals surface area contributed by atoms with Crippen LogP contribution in [0.3, 0.4) is 0 Å². The van der Waals surface area contributed by atoms with Gasteiger partial charge in [0.15, 0.2) is 0 Å². The number of hydrogen-bond acceptors (Lipinski definition) is 3. The molecule has 3 nitrogen and oxygen atoms in total. The SMILES string of the molecule is CC(C)[C@@H]1CC[C@@H](C)C[C@H]1[P+]1([O-])O[C@H](C)[C@@H](C)O1. The summed E-state index contributed by atoms with van der Waals surface area (Å²) in [5.74, 6) is 1.66. The van der Waals surface area contributed by atoms with E-state index >= 15 is 0 Å². The van der Waals surface area contributed by atoms with E-state index in [2.05, 4.69) is 20.8 Å². The molecule has 106 valence electrons. The zero-order valence-electron chi connectivity index (χ0n) is 12.3. The molecule has 1 aliphatic heterocycles. The summed E-state index contributed by atoms with van der Waals surface area (Å²) in [6.45, 7) is 10.6. The molecule has 0 aromatic heterocycles. The molecule has 18 heavy (non-hydrogen) atoms. The lowest BCUT2D eigenvalue weighted by molar-refractivity contribution is -0.215. The zero-order chi connectivity index (χ0) is 13.5. The highest BCUT2D eigenvalue weighted by Crippen LogP contribution is 2.68. The Labute approximate surface area is 112 Å². The molecule has 0 amide bonds. The van der Waals surface area contributed by atoms with Gasteiger partial charge in [0.2, 0.25) is 7.94 Å². The van der Waals surface area contributed by atoms with Gasteiger partial charge in [0, 0.05) is 5.92 Å². The summed E-state index contributed by atoms with van der Waals surface area (Å²) in [4.78, 5) is 13.0. The van der Waals surface area contributed by atoms with Crippen LogP contribution in [0, 0.1) is 17.8 Å². The lowest BCUT2D eigenvalue weighted by Crippen LogP contribution is -2.38. The molecule has 1 saturated carbocycles. The van der Waals surface area contributed by atoms with Gasteiger partial charge in [0.05, 0.1) is 0 Å². The van der Waals surface area contributed by atoms with Gasteiger partial charge in [-0.3, -0.25) is 0 Å². The summed E-state index contributed by atoms with van der Waals surface area (Å²) >= 11 is 0. The maximum atomic E-state index is 13.0. The molecule has 2 aliphatic rings. The average Bonchev–Trinajstić information content (AvgIpc) is 2.53. The van der Waals surface area contributed by atoms with Gasteiger partial charge in [-0.15, -0.1) is 0 Å². The Balaban J connectivity index is 2.17. The fourth-order valence-electron chi connectivity index (χ4n) is 3.33. The second kappa shape index (κ2) is 5.36. The van der Waals surface area contributed by atoms with Crippen LogP contribution in [0.2, 0.25) is 0 Å². The predicted molar refractivity (Wildman–Crippen MR) is 73.1 cm³/mol. The van der Waals surface area contributed by atoms with Crippen molar-refractivity contribution in [2.75, 3.05) is 0 Å². The Hall–Kier alpha value is 0.310.